The van der Waals surface area contributed by atoms with Crippen LogP contribution < -0.4 is 5.32 Å². The Hall–Kier alpha value is 0.260. The number of hydrogen-bond acceptors (Lipinski definition) is 4. The normalized spacial score (nSPS) is 10.7. The predicted octanol–water partition coefficient (Wildman–Crippen LogP) is 3.58. The summed E-state index contributed by atoms with van der Waals surface area (Å²) >= 11 is 14.7. The Bertz CT molecular complexity index is 355. The summed E-state index contributed by atoms with van der Waals surface area (Å²) in [7, 11) is 0. The third-order valence-electron chi connectivity index (χ3n) is 1.97. The van der Waals surface area contributed by atoms with Crippen LogP contribution in [0, 0.1) is 0 Å². The van der Waals surface area contributed by atoms with Crippen LogP contribution in [0.3, 0.4) is 0 Å². The van der Waals surface area contributed by atoms with Crippen molar-refractivity contribution < 1.29 is 4.79 Å². The van der Waals surface area contributed by atoms with Gasteiger partial charge in [0.25, 0.3) is 0 Å². The number of carbonyl (C=O) groups is 1. The van der Waals surface area contributed by atoms with E-state index in [0.29, 0.717) is 27.2 Å². The Balaban J connectivity index is 2.33. The van der Waals surface area contributed by atoms with Gasteiger partial charge >= 0.3 is 0 Å². The number of ketones is 1. The van der Waals surface area contributed by atoms with Crippen molar-refractivity contribution in [2.45, 2.75) is 6.42 Å². The lowest BCUT2D eigenvalue weighted by Gasteiger charge is -2.02. The Kier molecular flexibility index (Phi) is 6.77. The number of carbonyl (C=O) groups excluding carboxylic acids is 1. The molecular weight excluding hydrogens is 285 g/mol. The van der Waals surface area contributed by atoms with Gasteiger partial charge in [0.15, 0.2) is 5.78 Å². The average Bonchev–Trinajstić information content (AvgIpc) is 2.57. The van der Waals surface area contributed by atoms with Crippen LogP contribution in [0.4, 0.5) is 0 Å². The highest BCUT2D eigenvalue weighted by atomic mass is 35.5. The topological polar surface area (TPSA) is 29.1 Å². The van der Waals surface area contributed by atoms with Gasteiger partial charge in [0.1, 0.15) is 4.34 Å². The lowest BCUT2D eigenvalue weighted by molar-refractivity contribution is 0.0983. The van der Waals surface area contributed by atoms with Gasteiger partial charge in [0.2, 0.25) is 0 Å². The number of thioether (sulfide) groups is 1. The van der Waals surface area contributed by atoms with Crippen molar-refractivity contribution >= 4 is 52.1 Å². The molecule has 0 aliphatic carbocycles. The molecule has 0 spiro atoms. The number of nitrogens with one attached hydrogen (secondary N) is 1. The lowest BCUT2D eigenvalue weighted by Crippen LogP contribution is -2.20. The molecule has 0 atom stereocenters. The van der Waals surface area contributed by atoms with Gasteiger partial charge in [0.05, 0.1) is 4.34 Å². The first kappa shape index (κ1) is 14.3. The molecule has 16 heavy (non-hydrogen) atoms. The molecule has 0 unspecified atom stereocenters. The van der Waals surface area contributed by atoms with Crippen molar-refractivity contribution in [1.29, 1.82) is 0 Å². The highest BCUT2D eigenvalue weighted by Crippen LogP contribution is 2.31. The molecule has 0 radical (unpaired) electrons. The molecule has 0 aliphatic heterocycles. The minimum Gasteiger partial charge on any atom is -0.315 e. The molecular formula is C10H13Cl2NOS2. The maximum atomic E-state index is 11.7. The Labute approximate surface area is 114 Å². The minimum absolute atomic E-state index is 0.0461. The average molecular weight is 298 g/mol. The number of halogens is 2. The van der Waals surface area contributed by atoms with Crippen LogP contribution in [0.25, 0.3) is 0 Å². The lowest BCUT2D eigenvalue weighted by atomic mass is 10.1. The van der Waals surface area contributed by atoms with E-state index in [0.717, 1.165) is 12.3 Å². The summed E-state index contributed by atoms with van der Waals surface area (Å²) in [6, 6.07) is 1.64. The first-order valence-electron chi connectivity index (χ1n) is 4.83. The third kappa shape index (κ3) is 4.63. The number of Topliss-reactive ketones (excluding diaryl/α,β-unsaturated/α-hetero) is 1. The fourth-order valence-electron chi connectivity index (χ4n) is 1.17. The predicted molar refractivity (Wildman–Crippen MR) is 74.5 cm³/mol. The zero-order chi connectivity index (χ0) is 12.0. The third-order valence-corrected chi connectivity index (χ3v) is 4.07. The van der Waals surface area contributed by atoms with Crippen LogP contribution in [0.1, 0.15) is 16.8 Å². The summed E-state index contributed by atoms with van der Waals surface area (Å²) in [6.07, 6.45) is 2.52. The molecule has 0 saturated carbocycles. The molecule has 0 amide bonds. The van der Waals surface area contributed by atoms with E-state index >= 15 is 0 Å². The molecule has 1 aromatic rings. The van der Waals surface area contributed by atoms with Gasteiger partial charge in [-0.05, 0) is 12.3 Å². The second-order valence-corrected chi connectivity index (χ2v) is 6.43. The minimum atomic E-state index is 0.0461. The SMILES string of the molecule is CSCCNCCC(=O)c1cc(Cl)sc1Cl. The zero-order valence-electron chi connectivity index (χ0n) is 8.89. The monoisotopic (exact) mass is 297 g/mol. The van der Waals surface area contributed by atoms with E-state index in [4.69, 9.17) is 23.2 Å². The fourth-order valence-corrected chi connectivity index (χ4v) is 3.01. The first-order valence-corrected chi connectivity index (χ1v) is 7.79. The molecule has 0 aliphatic rings. The largest absolute Gasteiger partial charge is 0.315 e. The van der Waals surface area contributed by atoms with E-state index in [1.807, 2.05) is 0 Å². The summed E-state index contributed by atoms with van der Waals surface area (Å²) < 4.78 is 1.04. The molecule has 0 fully saturated rings. The van der Waals surface area contributed by atoms with Crippen molar-refractivity contribution in [1.82, 2.24) is 5.32 Å². The van der Waals surface area contributed by atoms with Crippen molar-refractivity contribution in [3.8, 4) is 0 Å². The Morgan fingerprint density at radius 2 is 2.25 bits per heavy atom. The molecule has 1 N–H and O–H groups in total. The van der Waals surface area contributed by atoms with Gasteiger partial charge in [-0.15, -0.1) is 11.3 Å². The van der Waals surface area contributed by atoms with Gasteiger partial charge in [0, 0.05) is 30.8 Å². The van der Waals surface area contributed by atoms with Crippen molar-refractivity contribution in [3.63, 3.8) is 0 Å². The Morgan fingerprint density at radius 1 is 1.50 bits per heavy atom. The molecule has 6 heteroatoms. The molecule has 90 valence electrons. The highest BCUT2D eigenvalue weighted by molar-refractivity contribution is 7.98. The summed E-state index contributed by atoms with van der Waals surface area (Å²) in [5.74, 6) is 1.10. The highest BCUT2D eigenvalue weighted by Gasteiger charge is 2.13. The maximum absolute atomic E-state index is 11.7. The molecule has 0 saturated heterocycles. The molecule has 2 nitrogen and oxygen atoms in total. The molecule has 1 rings (SSSR count). The summed E-state index contributed by atoms with van der Waals surface area (Å²) in [5, 5.41) is 3.20. The smallest absolute Gasteiger partial charge is 0.166 e. The van der Waals surface area contributed by atoms with E-state index in [2.05, 4.69) is 11.6 Å². The van der Waals surface area contributed by atoms with E-state index in [1.54, 1.807) is 17.8 Å². The van der Waals surface area contributed by atoms with E-state index < -0.39 is 0 Å². The summed E-state index contributed by atoms with van der Waals surface area (Å²) in [4.78, 5) is 11.7. The van der Waals surface area contributed by atoms with Crippen molar-refractivity contribution in [2.24, 2.45) is 0 Å². The van der Waals surface area contributed by atoms with E-state index in [9.17, 15) is 4.79 Å². The second kappa shape index (κ2) is 7.56. The van der Waals surface area contributed by atoms with Crippen molar-refractivity contribution in [2.75, 3.05) is 25.1 Å². The van der Waals surface area contributed by atoms with Gasteiger partial charge in [-0.3, -0.25) is 4.79 Å². The fraction of sp³-hybridized carbons (Fsp3) is 0.500. The first-order chi connectivity index (χ1) is 7.65. The second-order valence-electron chi connectivity index (χ2n) is 3.15. The number of hydrogen-bond donors (Lipinski definition) is 1. The van der Waals surface area contributed by atoms with E-state index in [-0.39, 0.29) is 5.78 Å². The standard InChI is InChI=1S/C10H13Cl2NOS2/c1-15-5-4-13-3-2-8(14)7-6-9(11)16-10(7)12/h6,13H,2-5H2,1H3. The molecule has 0 aromatic carbocycles. The van der Waals surface area contributed by atoms with Crippen LogP contribution in [0.15, 0.2) is 6.07 Å². The number of thiophene rings is 1. The van der Waals surface area contributed by atoms with E-state index in [1.165, 1.54) is 11.3 Å². The summed E-state index contributed by atoms with van der Waals surface area (Å²) in [5.41, 5.74) is 0.545. The van der Waals surface area contributed by atoms with Crippen LogP contribution in [0.2, 0.25) is 8.67 Å². The van der Waals surface area contributed by atoms with Crippen molar-refractivity contribution in [3.05, 3.63) is 20.3 Å². The number of rotatable bonds is 7. The van der Waals surface area contributed by atoms with Gasteiger partial charge in [-0.1, -0.05) is 23.2 Å². The van der Waals surface area contributed by atoms with Gasteiger partial charge in [-0.2, -0.15) is 11.8 Å². The van der Waals surface area contributed by atoms with Crippen LogP contribution in [-0.4, -0.2) is 30.9 Å². The molecule has 0 bridgehead atoms. The van der Waals surface area contributed by atoms with Crippen LogP contribution in [-0.2, 0) is 0 Å². The molecule has 1 aromatic heterocycles. The maximum Gasteiger partial charge on any atom is 0.166 e. The Morgan fingerprint density at radius 3 is 2.81 bits per heavy atom. The summed E-state index contributed by atoms with van der Waals surface area (Å²) in [6.45, 7) is 1.61. The van der Waals surface area contributed by atoms with Crippen LogP contribution >= 0.6 is 46.3 Å². The van der Waals surface area contributed by atoms with Gasteiger partial charge < -0.3 is 5.32 Å². The van der Waals surface area contributed by atoms with Gasteiger partial charge in [-0.25, -0.2) is 0 Å². The van der Waals surface area contributed by atoms with Crippen LogP contribution in [0.5, 0.6) is 0 Å². The zero-order valence-corrected chi connectivity index (χ0v) is 12.0. The quantitative estimate of drug-likeness (QED) is 0.616. The molecule has 1 heterocycles.